The lowest BCUT2D eigenvalue weighted by atomic mass is 9.96. The van der Waals surface area contributed by atoms with Crippen LogP contribution in [-0.2, 0) is 0 Å². The Balaban J connectivity index is 1.49. The minimum absolute atomic E-state index is 0.181. The summed E-state index contributed by atoms with van der Waals surface area (Å²) in [6, 6.07) is 13.5. The summed E-state index contributed by atoms with van der Waals surface area (Å²) in [5.74, 6) is -0.181. The van der Waals surface area contributed by atoms with E-state index < -0.39 is 0 Å². The van der Waals surface area contributed by atoms with Gasteiger partial charge in [-0.1, -0.05) is 36.0 Å². The molecule has 0 aliphatic carbocycles. The highest BCUT2D eigenvalue weighted by Gasteiger charge is 2.21. The van der Waals surface area contributed by atoms with Crippen LogP contribution < -0.4 is 0 Å². The third kappa shape index (κ3) is 4.27. The number of piperazine rings is 1. The van der Waals surface area contributed by atoms with Crippen LogP contribution in [0.4, 0.5) is 4.39 Å². The Morgan fingerprint density at radius 3 is 2.41 bits per heavy atom. The Kier molecular flexibility index (Phi) is 5.93. The average Bonchev–Trinajstić information content (AvgIpc) is 2.69. The van der Waals surface area contributed by atoms with Gasteiger partial charge in [-0.2, -0.15) is 0 Å². The summed E-state index contributed by atoms with van der Waals surface area (Å²) in [5, 5.41) is 9.06. The molecule has 4 rings (SSSR count). The maximum absolute atomic E-state index is 13.9. The van der Waals surface area contributed by atoms with Crippen LogP contribution in [0.5, 0.6) is 0 Å². The smallest absolute Gasteiger partial charge is 0.123 e. The summed E-state index contributed by atoms with van der Waals surface area (Å²) in [7, 11) is 0. The van der Waals surface area contributed by atoms with Crippen molar-refractivity contribution < 1.29 is 9.50 Å². The first-order valence-corrected chi connectivity index (χ1v) is 10.4. The standard InChI is InChI=1S/C22H25FN2OS/c23-17-7-8-22-20(16-17)18(19-4-1-2-6-21(19)27-22)5-3-9-24-10-12-25(13-11-24)14-15-26/h1-2,4-8,16,26H,3,9-15H2. The molecule has 1 N–H and O–H groups in total. The maximum Gasteiger partial charge on any atom is 0.123 e. The summed E-state index contributed by atoms with van der Waals surface area (Å²) < 4.78 is 13.9. The molecule has 1 fully saturated rings. The first-order chi connectivity index (χ1) is 13.2. The van der Waals surface area contributed by atoms with E-state index in [1.54, 1.807) is 23.9 Å². The van der Waals surface area contributed by atoms with Gasteiger partial charge >= 0.3 is 0 Å². The number of hydrogen-bond donors (Lipinski definition) is 1. The van der Waals surface area contributed by atoms with Crippen molar-refractivity contribution >= 4 is 17.3 Å². The number of hydrogen-bond acceptors (Lipinski definition) is 4. The van der Waals surface area contributed by atoms with Crippen LogP contribution in [0, 0.1) is 5.82 Å². The number of halogens is 1. The lowest BCUT2D eigenvalue weighted by molar-refractivity contribution is 0.114. The predicted molar refractivity (Wildman–Crippen MR) is 109 cm³/mol. The largest absolute Gasteiger partial charge is 0.395 e. The van der Waals surface area contributed by atoms with E-state index >= 15 is 0 Å². The Hall–Kier alpha value is -1.66. The lowest BCUT2D eigenvalue weighted by Crippen LogP contribution is -2.47. The molecule has 1 saturated heterocycles. The van der Waals surface area contributed by atoms with Crippen LogP contribution in [0.1, 0.15) is 17.5 Å². The molecule has 27 heavy (non-hydrogen) atoms. The quantitative estimate of drug-likeness (QED) is 0.725. The molecule has 142 valence electrons. The number of fused-ring (bicyclic) bond motifs is 2. The van der Waals surface area contributed by atoms with Crippen molar-refractivity contribution in [1.82, 2.24) is 9.80 Å². The van der Waals surface area contributed by atoms with Crippen LogP contribution in [-0.4, -0.2) is 60.8 Å². The molecule has 0 spiro atoms. The fourth-order valence-corrected chi connectivity index (χ4v) is 4.92. The van der Waals surface area contributed by atoms with Crippen LogP contribution in [0.3, 0.4) is 0 Å². The molecule has 2 aromatic rings. The molecular formula is C22H25FN2OS. The first kappa shape index (κ1) is 18.7. The molecular weight excluding hydrogens is 359 g/mol. The number of nitrogens with zero attached hydrogens (tertiary/aromatic N) is 2. The van der Waals surface area contributed by atoms with Gasteiger partial charge in [0.05, 0.1) is 6.61 Å². The SMILES string of the molecule is OCCN1CCN(CCC=C2c3ccccc3Sc3ccc(F)cc32)CC1. The van der Waals surface area contributed by atoms with Crippen molar-refractivity contribution in [2.24, 2.45) is 0 Å². The van der Waals surface area contributed by atoms with Gasteiger partial charge in [-0.05, 0) is 47.4 Å². The molecule has 2 aromatic carbocycles. The number of β-amino-alcohol motifs (C(OH)–C–C–N with tert-alkyl or cyclic N) is 1. The highest BCUT2D eigenvalue weighted by atomic mass is 32.2. The van der Waals surface area contributed by atoms with Crippen LogP contribution in [0.2, 0.25) is 0 Å². The normalized spacial score (nSPS) is 19.1. The van der Waals surface area contributed by atoms with Gasteiger partial charge in [0.25, 0.3) is 0 Å². The molecule has 5 heteroatoms. The Labute approximate surface area is 164 Å². The highest BCUT2D eigenvalue weighted by molar-refractivity contribution is 7.99. The molecule has 2 heterocycles. The van der Waals surface area contributed by atoms with E-state index in [0.717, 1.165) is 61.7 Å². The van der Waals surface area contributed by atoms with Crippen LogP contribution >= 0.6 is 11.8 Å². The molecule has 2 aliphatic rings. The fraction of sp³-hybridized carbons (Fsp3) is 0.364. The second-order valence-electron chi connectivity index (χ2n) is 7.05. The molecule has 0 aromatic heterocycles. The van der Waals surface area contributed by atoms with Gasteiger partial charge in [-0.15, -0.1) is 0 Å². The highest BCUT2D eigenvalue weighted by Crippen LogP contribution is 2.45. The molecule has 2 aliphatic heterocycles. The van der Waals surface area contributed by atoms with E-state index in [1.165, 1.54) is 10.5 Å². The van der Waals surface area contributed by atoms with Crippen molar-refractivity contribution in [2.45, 2.75) is 16.2 Å². The van der Waals surface area contributed by atoms with Gasteiger partial charge < -0.3 is 10.0 Å². The number of aliphatic hydroxyl groups is 1. The van der Waals surface area contributed by atoms with Crippen molar-refractivity contribution in [3.8, 4) is 0 Å². The summed E-state index contributed by atoms with van der Waals surface area (Å²) in [4.78, 5) is 7.14. The van der Waals surface area contributed by atoms with Gasteiger partial charge in [-0.25, -0.2) is 4.39 Å². The first-order valence-electron chi connectivity index (χ1n) is 9.57. The third-order valence-electron chi connectivity index (χ3n) is 5.30. The van der Waals surface area contributed by atoms with Crippen molar-refractivity contribution in [3.05, 3.63) is 65.5 Å². The zero-order valence-electron chi connectivity index (χ0n) is 15.4. The van der Waals surface area contributed by atoms with Crippen molar-refractivity contribution in [1.29, 1.82) is 0 Å². The minimum Gasteiger partial charge on any atom is -0.395 e. The molecule has 0 atom stereocenters. The van der Waals surface area contributed by atoms with Crippen LogP contribution in [0.25, 0.3) is 5.57 Å². The second-order valence-corrected chi connectivity index (χ2v) is 8.14. The maximum atomic E-state index is 13.9. The van der Waals surface area contributed by atoms with Crippen molar-refractivity contribution in [2.75, 3.05) is 45.9 Å². The zero-order valence-corrected chi connectivity index (χ0v) is 16.2. The molecule has 0 unspecified atom stereocenters. The zero-order chi connectivity index (χ0) is 18.6. The summed E-state index contributed by atoms with van der Waals surface area (Å²) in [6.07, 6.45) is 3.22. The number of aliphatic hydroxyl groups excluding tert-OH is 1. The van der Waals surface area contributed by atoms with E-state index in [2.05, 4.69) is 40.1 Å². The van der Waals surface area contributed by atoms with E-state index in [9.17, 15) is 4.39 Å². The number of benzene rings is 2. The van der Waals surface area contributed by atoms with Gasteiger partial charge in [0.1, 0.15) is 5.82 Å². The summed E-state index contributed by atoms with van der Waals surface area (Å²) in [5.41, 5.74) is 3.36. The van der Waals surface area contributed by atoms with E-state index in [1.807, 2.05) is 6.07 Å². The van der Waals surface area contributed by atoms with Gasteiger partial charge in [-0.3, -0.25) is 4.90 Å². The Morgan fingerprint density at radius 1 is 0.926 bits per heavy atom. The topological polar surface area (TPSA) is 26.7 Å². The summed E-state index contributed by atoms with van der Waals surface area (Å²) in [6.45, 7) is 6.14. The minimum atomic E-state index is -0.181. The summed E-state index contributed by atoms with van der Waals surface area (Å²) >= 11 is 1.72. The van der Waals surface area contributed by atoms with Gasteiger partial charge in [0, 0.05) is 49.1 Å². The van der Waals surface area contributed by atoms with E-state index in [-0.39, 0.29) is 12.4 Å². The molecule has 0 amide bonds. The van der Waals surface area contributed by atoms with Gasteiger partial charge in [0.2, 0.25) is 0 Å². The van der Waals surface area contributed by atoms with E-state index in [4.69, 9.17) is 5.11 Å². The lowest BCUT2D eigenvalue weighted by Gasteiger charge is -2.34. The average molecular weight is 385 g/mol. The Bertz CT molecular complexity index is 831. The third-order valence-corrected chi connectivity index (χ3v) is 6.46. The van der Waals surface area contributed by atoms with E-state index in [0.29, 0.717) is 0 Å². The second kappa shape index (κ2) is 8.57. The Morgan fingerprint density at radius 2 is 1.63 bits per heavy atom. The van der Waals surface area contributed by atoms with Crippen LogP contribution in [0.15, 0.2) is 58.3 Å². The molecule has 0 saturated carbocycles. The van der Waals surface area contributed by atoms with Gasteiger partial charge in [0.15, 0.2) is 0 Å². The molecule has 3 nitrogen and oxygen atoms in total. The fourth-order valence-electron chi connectivity index (χ4n) is 3.83. The number of rotatable bonds is 5. The molecule has 0 radical (unpaired) electrons. The molecule has 0 bridgehead atoms. The predicted octanol–water partition coefficient (Wildman–Crippen LogP) is 3.72. The van der Waals surface area contributed by atoms with Crippen molar-refractivity contribution in [3.63, 3.8) is 0 Å². The monoisotopic (exact) mass is 384 g/mol.